The van der Waals surface area contributed by atoms with Gasteiger partial charge in [0.2, 0.25) is 0 Å². The van der Waals surface area contributed by atoms with Crippen LogP contribution in [0.5, 0.6) is 0 Å². The third-order valence-corrected chi connectivity index (χ3v) is 3.51. The van der Waals surface area contributed by atoms with Gasteiger partial charge in [0.15, 0.2) is 0 Å². The first-order chi connectivity index (χ1) is 12.0. The fourth-order valence-corrected chi connectivity index (χ4v) is 2.20. The van der Waals surface area contributed by atoms with Crippen LogP contribution in [0.3, 0.4) is 0 Å². The van der Waals surface area contributed by atoms with E-state index in [9.17, 15) is 9.90 Å². The fourth-order valence-electron chi connectivity index (χ4n) is 2.09. The van der Waals surface area contributed by atoms with Crippen molar-refractivity contribution < 1.29 is 19.5 Å². The number of ether oxygens (including phenoxy) is 1. The Bertz CT molecular complexity index is 750. The lowest BCUT2D eigenvalue weighted by atomic mass is 10.2. The number of amides is 1. The predicted octanol–water partition coefficient (Wildman–Crippen LogP) is 3.76. The second-order valence-electron chi connectivity index (χ2n) is 5.07. The van der Waals surface area contributed by atoms with Gasteiger partial charge in [-0.25, -0.2) is 4.79 Å². The van der Waals surface area contributed by atoms with Gasteiger partial charge in [-0.2, -0.15) is 0 Å². The van der Waals surface area contributed by atoms with Gasteiger partial charge in [0.25, 0.3) is 0 Å². The van der Waals surface area contributed by atoms with E-state index in [0.717, 1.165) is 4.90 Å². The molecule has 0 fully saturated rings. The molecule has 0 spiro atoms. The SMILES string of the molecule is COCN(C(=O)O)c1ccccc1CO/N=C(/C)c1ccc(Cl)cn1. The zero-order valence-electron chi connectivity index (χ0n) is 13.8. The van der Waals surface area contributed by atoms with Crippen LogP contribution in [0.25, 0.3) is 0 Å². The summed E-state index contributed by atoms with van der Waals surface area (Å²) in [5.41, 5.74) is 2.38. The van der Waals surface area contributed by atoms with Gasteiger partial charge in [-0.1, -0.05) is 35.0 Å². The van der Waals surface area contributed by atoms with Crippen molar-refractivity contribution in [2.45, 2.75) is 13.5 Å². The van der Waals surface area contributed by atoms with Gasteiger partial charge >= 0.3 is 6.09 Å². The standard InChI is InChI=1S/C17H18ClN3O4/c1-12(15-8-7-14(18)9-19-15)20-25-10-13-5-3-4-6-16(13)21(11-24-2)17(22)23/h3-9H,10-11H2,1-2H3,(H,22,23)/b20-12-. The molecule has 132 valence electrons. The van der Waals surface area contributed by atoms with Crippen LogP contribution in [0.4, 0.5) is 10.5 Å². The summed E-state index contributed by atoms with van der Waals surface area (Å²) in [7, 11) is 1.43. The van der Waals surface area contributed by atoms with Crippen molar-refractivity contribution in [2.75, 3.05) is 18.7 Å². The van der Waals surface area contributed by atoms with E-state index in [4.69, 9.17) is 21.2 Å². The number of rotatable bonds is 7. The molecule has 0 aliphatic carbocycles. The highest BCUT2D eigenvalue weighted by Crippen LogP contribution is 2.21. The van der Waals surface area contributed by atoms with Crippen LogP contribution in [-0.2, 0) is 16.2 Å². The quantitative estimate of drug-likeness (QED) is 0.460. The highest BCUT2D eigenvalue weighted by molar-refractivity contribution is 6.30. The third kappa shape index (κ3) is 5.17. The summed E-state index contributed by atoms with van der Waals surface area (Å²) in [4.78, 5) is 22.0. The third-order valence-electron chi connectivity index (χ3n) is 3.29. The van der Waals surface area contributed by atoms with Gasteiger partial charge < -0.3 is 14.7 Å². The van der Waals surface area contributed by atoms with Gasteiger partial charge in [0.1, 0.15) is 19.0 Å². The highest BCUT2D eigenvalue weighted by Gasteiger charge is 2.17. The maximum absolute atomic E-state index is 11.4. The van der Waals surface area contributed by atoms with Crippen LogP contribution in [0.2, 0.25) is 5.02 Å². The van der Waals surface area contributed by atoms with E-state index in [1.165, 1.54) is 13.3 Å². The number of hydrogen-bond donors (Lipinski definition) is 1. The first-order valence-electron chi connectivity index (χ1n) is 7.38. The van der Waals surface area contributed by atoms with Crippen LogP contribution < -0.4 is 4.90 Å². The van der Waals surface area contributed by atoms with Crippen LogP contribution in [0.1, 0.15) is 18.2 Å². The van der Waals surface area contributed by atoms with Crippen molar-refractivity contribution in [3.63, 3.8) is 0 Å². The molecule has 0 atom stereocenters. The van der Waals surface area contributed by atoms with Crippen molar-refractivity contribution in [1.82, 2.24) is 4.98 Å². The van der Waals surface area contributed by atoms with Crippen molar-refractivity contribution in [2.24, 2.45) is 5.16 Å². The summed E-state index contributed by atoms with van der Waals surface area (Å²) in [5, 5.41) is 13.9. The monoisotopic (exact) mass is 363 g/mol. The van der Waals surface area contributed by atoms with E-state index in [0.29, 0.717) is 27.7 Å². The van der Waals surface area contributed by atoms with E-state index in [1.54, 1.807) is 43.3 Å². The molecule has 1 aromatic heterocycles. The lowest BCUT2D eigenvalue weighted by Crippen LogP contribution is -2.32. The summed E-state index contributed by atoms with van der Waals surface area (Å²) < 4.78 is 4.94. The molecule has 0 radical (unpaired) electrons. The van der Waals surface area contributed by atoms with Gasteiger partial charge in [0.05, 0.1) is 16.4 Å². The Morgan fingerprint density at radius 2 is 2.08 bits per heavy atom. The Balaban J connectivity index is 2.11. The number of pyridine rings is 1. The number of oxime groups is 1. The first kappa shape index (κ1) is 18.7. The van der Waals surface area contributed by atoms with Gasteiger partial charge in [-0.05, 0) is 25.1 Å². The Morgan fingerprint density at radius 1 is 1.32 bits per heavy atom. The molecular formula is C17H18ClN3O4. The van der Waals surface area contributed by atoms with Crippen molar-refractivity contribution in [3.05, 3.63) is 58.9 Å². The number of carboxylic acid groups (broad SMARTS) is 1. The molecule has 1 heterocycles. The Kier molecular flexibility index (Phi) is 6.73. The zero-order valence-corrected chi connectivity index (χ0v) is 14.6. The van der Waals surface area contributed by atoms with Gasteiger partial charge in [-0.15, -0.1) is 0 Å². The lowest BCUT2D eigenvalue weighted by molar-refractivity contribution is 0.130. The van der Waals surface area contributed by atoms with E-state index in [1.807, 2.05) is 0 Å². The number of benzene rings is 1. The lowest BCUT2D eigenvalue weighted by Gasteiger charge is -2.20. The molecule has 2 aromatic rings. The molecule has 0 saturated carbocycles. The Hall–Kier alpha value is -2.64. The Labute approximate surface area is 150 Å². The number of halogens is 1. The molecular weight excluding hydrogens is 346 g/mol. The maximum Gasteiger partial charge on any atom is 0.413 e. The van der Waals surface area contributed by atoms with Crippen LogP contribution in [-0.4, -0.2) is 35.7 Å². The number of anilines is 1. The number of nitrogens with zero attached hydrogens (tertiary/aromatic N) is 3. The molecule has 8 heteroatoms. The molecule has 0 saturated heterocycles. The van der Waals surface area contributed by atoms with Crippen LogP contribution >= 0.6 is 11.6 Å². The first-order valence-corrected chi connectivity index (χ1v) is 7.76. The summed E-state index contributed by atoms with van der Waals surface area (Å²) >= 11 is 5.80. The molecule has 0 bridgehead atoms. The molecule has 25 heavy (non-hydrogen) atoms. The number of para-hydroxylation sites is 1. The van der Waals surface area contributed by atoms with E-state index >= 15 is 0 Å². The maximum atomic E-state index is 11.4. The second-order valence-corrected chi connectivity index (χ2v) is 5.51. The van der Waals surface area contributed by atoms with Gasteiger partial charge in [-0.3, -0.25) is 9.88 Å². The minimum absolute atomic E-state index is 0.0800. The van der Waals surface area contributed by atoms with E-state index in [-0.39, 0.29) is 13.3 Å². The summed E-state index contributed by atoms with van der Waals surface area (Å²) in [6.45, 7) is 1.79. The predicted molar refractivity (Wildman–Crippen MR) is 95.1 cm³/mol. The highest BCUT2D eigenvalue weighted by atomic mass is 35.5. The number of hydrogen-bond acceptors (Lipinski definition) is 5. The molecule has 0 aliphatic heterocycles. The molecule has 1 amide bonds. The number of carbonyl (C=O) groups is 1. The van der Waals surface area contributed by atoms with Crippen LogP contribution in [0, 0.1) is 0 Å². The molecule has 0 aliphatic rings. The van der Waals surface area contributed by atoms with Crippen LogP contribution in [0.15, 0.2) is 47.8 Å². The number of aromatic nitrogens is 1. The molecule has 2 rings (SSSR count). The molecule has 1 aromatic carbocycles. The van der Waals surface area contributed by atoms with Crippen molar-refractivity contribution in [3.8, 4) is 0 Å². The summed E-state index contributed by atoms with van der Waals surface area (Å²) in [5.74, 6) is 0. The van der Waals surface area contributed by atoms with Gasteiger partial charge in [0, 0.05) is 18.9 Å². The van der Waals surface area contributed by atoms with Crippen molar-refractivity contribution >= 4 is 29.1 Å². The average Bonchev–Trinajstić information content (AvgIpc) is 2.60. The zero-order chi connectivity index (χ0) is 18.2. The topological polar surface area (TPSA) is 84.2 Å². The summed E-state index contributed by atoms with van der Waals surface area (Å²) in [6.07, 6.45) is 0.417. The Morgan fingerprint density at radius 3 is 2.72 bits per heavy atom. The minimum Gasteiger partial charge on any atom is -0.465 e. The smallest absolute Gasteiger partial charge is 0.413 e. The summed E-state index contributed by atoms with van der Waals surface area (Å²) in [6, 6.07) is 10.5. The minimum atomic E-state index is -1.11. The number of methoxy groups -OCH3 is 1. The molecule has 1 N–H and O–H groups in total. The second kappa shape index (κ2) is 9.00. The fraction of sp³-hybridized carbons (Fsp3) is 0.235. The van der Waals surface area contributed by atoms with E-state index in [2.05, 4.69) is 10.1 Å². The molecule has 7 nitrogen and oxygen atoms in total. The van der Waals surface area contributed by atoms with Crippen molar-refractivity contribution in [1.29, 1.82) is 0 Å². The average molecular weight is 364 g/mol. The van der Waals surface area contributed by atoms with E-state index < -0.39 is 6.09 Å². The largest absolute Gasteiger partial charge is 0.465 e. The molecule has 0 unspecified atom stereocenters. The normalized spacial score (nSPS) is 11.2.